The maximum atomic E-state index is 10.9. The van der Waals surface area contributed by atoms with Crippen LogP contribution < -0.4 is 5.32 Å². The molecule has 0 radical (unpaired) electrons. The molecule has 0 amide bonds. The molecule has 1 aromatic rings. The summed E-state index contributed by atoms with van der Waals surface area (Å²) in [5, 5.41) is 3.25. The molecule has 0 saturated heterocycles. The molecule has 0 spiro atoms. The minimum absolute atomic E-state index is 0.508. The van der Waals surface area contributed by atoms with Gasteiger partial charge in [0.1, 0.15) is 11.5 Å². The minimum atomic E-state index is -0.825. The second kappa shape index (κ2) is 5.98. The fourth-order valence-corrected chi connectivity index (χ4v) is 1.74. The third kappa shape index (κ3) is 4.07. The van der Waals surface area contributed by atoms with Crippen LogP contribution in [0.15, 0.2) is 16.5 Å². The molecule has 0 bridgehead atoms. The van der Waals surface area contributed by atoms with Crippen LogP contribution in [0.4, 0.5) is 0 Å². The van der Waals surface area contributed by atoms with Crippen LogP contribution in [0.1, 0.15) is 24.9 Å². The van der Waals surface area contributed by atoms with E-state index < -0.39 is 10.8 Å². The van der Waals surface area contributed by atoms with E-state index >= 15 is 0 Å². The molecular weight excluding hydrogens is 198 g/mol. The third-order valence-corrected chi connectivity index (χ3v) is 2.48. The highest BCUT2D eigenvalue weighted by atomic mass is 32.2. The van der Waals surface area contributed by atoms with Gasteiger partial charge in [-0.2, -0.15) is 0 Å². The van der Waals surface area contributed by atoms with Gasteiger partial charge in [-0.25, -0.2) is 0 Å². The Morgan fingerprint density at radius 2 is 2.14 bits per heavy atom. The molecule has 1 N–H and O–H groups in total. The molecule has 14 heavy (non-hydrogen) atoms. The molecule has 0 aliphatic rings. The molecule has 0 aromatic carbocycles. The standard InChI is InChI=1S/C10H17NO2S/c1-3-6-11-7-9-4-5-10(13-9)8-14(2)12/h4-5,11H,3,6-8H2,1-2H3. The number of rotatable bonds is 6. The highest BCUT2D eigenvalue weighted by Crippen LogP contribution is 2.09. The van der Waals surface area contributed by atoms with Crippen LogP contribution >= 0.6 is 0 Å². The molecule has 80 valence electrons. The zero-order chi connectivity index (χ0) is 10.4. The van der Waals surface area contributed by atoms with Gasteiger partial charge in [-0.15, -0.1) is 0 Å². The predicted molar refractivity (Wildman–Crippen MR) is 58.5 cm³/mol. The van der Waals surface area contributed by atoms with Gasteiger partial charge in [-0.1, -0.05) is 6.92 Å². The lowest BCUT2D eigenvalue weighted by molar-refractivity contribution is 0.458. The zero-order valence-electron chi connectivity index (χ0n) is 8.71. The van der Waals surface area contributed by atoms with Crippen molar-refractivity contribution >= 4 is 10.8 Å². The number of hydrogen-bond acceptors (Lipinski definition) is 3. The van der Waals surface area contributed by atoms with Crippen LogP contribution in [-0.4, -0.2) is 17.0 Å². The fourth-order valence-electron chi connectivity index (χ4n) is 1.18. The van der Waals surface area contributed by atoms with Gasteiger partial charge in [-0.05, 0) is 25.1 Å². The van der Waals surface area contributed by atoms with E-state index in [0.717, 1.165) is 31.0 Å². The molecule has 0 saturated carbocycles. The van der Waals surface area contributed by atoms with Gasteiger partial charge in [0.25, 0.3) is 0 Å². The van der Waals surface area contributed by atoms with Gasteiger partial charge in [0.15, 0.2) is 0 Å². The first-order valence-corrected chi connectivity index (χ1v) is 6.53. The Hall–Kier alpha value is -0.610. The molecule has 4 heteroatoms. The lowest BCUT2D eigenvalue weighted by Crippen LogP contribution is -2.13. The van der Waals surface area contributed by atoms with E-state index in [2.05, 4.69) is 12.2 Å². The fraction of sp³-hybridized carbons (Fsp3) is 0.600. The Kier molecular flexibility index (Phi) is 4.90. The first-order valence-electron chi connectivity index (χ1n) is 4.80. The quantitative estimate of drug-likeness (QED) is 0.734. The van der Waals surface area contributed by atoms with Gasteiger partial charge in [0.05, 0.1) is 12.3 Å². The molecule has 3 nitrogen and oxygen atoms in total. The van der Waals surface area contributed by atoms with E-state index in [9.17, 15) is 4.21 Å². The molecule has 1 aromatic heterocycles. The first kappa shape index (κ1) is 11.5. The van der Waals surface area contributed by atoms with Crippen LogP contribution in [0.3, 0.4) is 0 Å². The van der Waals surface area contributed by atoms with E-state index in [1.165, 1.54) is 0 Å². The molecule has 0 aliphatic heterocycles. The van der Waals surface area contributed by atoms with Gasteiger partial charge in [0, 0.05) is 17.1 Å². The summed E-state index contributed by atoms with van der Waals surface area (Å²) in [7, 11) is -0.825. The summed E-state index contributed by atoms with van der Waals surface area (Å²) >= 11 is 0. The smallest absolute Gasteiger partial charge is 0.118 e. The summed E-state index contributed by atoms with van der Waals surface area (Å²) in [6.45, 7) is 3.88. The SMILES string of the molecule is CCCNCc1ccc(CS(C)=O)o1. The van der Waals surface area contributed by atoms with Crippen LogP contribution in [0.25, 0.3) is 0 Å². The van der Waals surface area contributed by atoms with Crippen LogP contribution in [-0.2, 0) is 23.1 Å². The predicted octanol–water partition coefficient (Wildman–Crippen LogP) is 1.66. The van der Waals surface area contributed by atoms with Crippen LogP contribution in [0.5, 0.6) is 0 Å². The van der Waals surface area contributed by atoms with E-state index in [-0.39, 0.29) is 0 Å². The van der Waals surface area contributed by atoms with Gasteiger partial charge in [0.2, 0.25) is 0 Å². The zero-order valence-corrected chi connectivity index (χ0v) is 9.52. The van der Waals surface area contributed by atoms with Crippen molar-refractivity contribution in [3.63, 3.8) is 0 Å². The maximum Gasteiger partial charge on any atom is 0.118 e. The Morgan fingerprint density at radius 3 is 2.79 bits per heavy atom. The van der Waals surface area contributed by atoms with Gasteiger partial charge >= 0.3 is 0 Å². The lowest BCUT2D eigenvalue weighted by atomic mass is 10.4. The summed E-state index contributed by atoms with van der Waals surface area (Å²) < 4.78 is 16.4. The van der Waals surface area contributed by atoms with Crippen molar-refractivity contribution in [2.45, 2.75) is 25.6 Å². The van der Waals surface area contributed by atoms with Gasteiger partial charge < -0.3 is 9.73 Å². The highest BCUT2D eigenvalue weighted by molar-refractivity contribution is 7.83. The average molecular weight is 215 g/mol. The Morgan fingerprint density at radius 1 is 1.43 bits per heavy atom. The van der Waals surface area contributed by atoms with Crippen molar-refractivity contribution < 1.29 is 8.63 Å². The van der Waals surface area contributed by atoms with E-state index in [4.69, 9.17) is 4.42 Å². The van der Waals surface area contributed by atoms with Crippen molar-refractivity contribution in [2.75, 3.05) is 12.8 Å². The Labute approximate surface area is 87.3 Å². The largest absolute Gasteiger partial charge is 0.464 e. The molecule has 0 aliphatic carbocycles. The summed E-state index contributed by atoms with van der Waals surface area (Å²) in [6.07, 6.45) is 2.80. The molecular formula is C10H17NO2S. The van der Waals surface area contributed by atoms with E-state index in [0.29, 0.717) is 5.75 Å². The third-order valence-electron chi connectivity index (χ3n) is 1.79. The van der Waals surface area contributed by atoms with Crippen molar-refractivity contribution in [2.24, 2.45) is 0 Å². The second-order valence-corrected chi connectivity index (χ2v) is 4.70. The van der Waals surface area contributed by atoms with Crippen LogP contribution in [0, 0.1) is 0 Å². The van der Waals surface area contributed by atoms with Crippen molar-refractivity contribution in [1.82, 2.24) is 5.32 Å². The molecule has 1 rings (SSSR count). The second-order valence-electron chi connectivity index (χ2n) is 3.26. The van der Waals surface area contributed by atoms with Crippen molar-refractivity contribution in [3.8, 4) is 0 Å². The van der Waals surface area contributed by atoms with Crippen molar-refractivity contribution in [1.29, 1.82) is 0 Å². The topological polar surface area (TPSA) is 42.2 Å². The first-order chi connectivity index (χ1) is 6.72. The Balaban J connectivity index is 2.38. The summed E-state index contributed by atoms with van der Waals surface area (Å²) in [6, 6.07) is 3.83. The summed E-state index contributed by atoms with van der Waals surface area (Å²) in [4.78, 5) is 0. The maximum absolute atomic E-state index is 10.9. The van der Waals surface area contributed by atoms with E-state index in [1.54, 1.807) is 6.26 Å². The van der Waals surface area contributed by atoms with Crippen molar-refractivity contribution in [3.05, 3.63) is 23.7 Å². The Bertz CT molecular complexity index is 296. The van der Waals surface area contributed by atoms with Crippen LogP contribution in [0.2, 0.25) is 0 Å². The molecule has 0 fully saturated rings. The highest BCUT2D eigenvalue weighted by Gasteiger charge is 2.02. The molecule has 1 atom stereocenters. The summed E-state index contributed by atoms with van der Waals surface area (Å²) in [5.74, 6) is 2.23. The van der Waals surface area contributed by atoms with Gasteiger partial charge in [-0.3, -0.25) is 4.21 Å². The summed E-state index contributed by atoms with van der Waals surface area (Å²) in [5.41, 5.74) is 0. The van der Waals surface area contributed by atoms with E-state index in [1.807, 2.05) is 12.1 Å². The molecule has 1 unspecified atom stereocenters. The monoisotopic (exact) mass is 215 g/mol. The lowest BCUT2D eigenvalue weighted by Gasteiger charge is -1.98. The number of furan rings is 1. The minimum Gasteiger partial charge on any atom is -0.464 e. The number of nitrogens with one attached hydrogen (secondary N) is 1. The molecule has 1 heterocycles. The normalized spacial score (nSPS) is 13.0. The number of hydrogen-bond donors (Lipinski definition) is 1. The average Bonchev–Trinajstić information content (AvgIpc) is 2.52.